The van der Waals surface area contributed by atoms with Gasteiger partial charge in [-0.15, -0.1) is 12.6 Å². The maximum atomic E-state index is 5.24. The Kier molecular flexibility index (Phi) is 2.57. The van der Waals surface area contributed by atoms with Crippen LogP contribution in [0.2, 0.25) is 0 Å². The third kappa shape index (κ3) is 2.27. The highest BCUT2D eigenvalue weighted by atomic mass is 32.1. The van der Waals surface area contributed by atoms with Crippen molar-refractivity contribution in [3.8, 4) is 5.75 Å². The van der Waals surface area contributed by atoms with E-state index in [0.29, 0.717) is 0 Å². The molecule has 0 bridgehead atoms. The molecule has 0 aromatic carbocycles. The van der Waals surface area contributed by atoms with Gasteiger partial charge >= 0.3 is 0 Å². The van der Waals surface area contributed by atoms with Crippen LogP contribution in [0.15, 0.2) is 24.5 Å². The molecule has 0 saturated carbocycles. The van der Waals surface area contributed by atoms with Gasteiger partial charge in [0.15, 0.2) is 0 Å². The Morgan fingerprint density at radius 2 is 2.10 bits per heavy atom. The molecular formula is C7H9NOS. The Bertz CT molecular complexity index is 188. The van der Waals surface area contributed by atoms with E-state index in [9.17, 15) is 0 Å². The van der Waals surface area contributed by atoms with Crippen molar-refractivity contribution in [2.75, 3.05) is 0 Å². The highest BCUT2D eigenvalue weighted by molar-refractivity contribution is 7.80. The summed E-state index contributed by atoms with van der Waals surface area (Å²) in [5.41, 5.74) is -0.0672. The van der Waals surface area contributed by atoms with Crippen LogP contribution in [-0.4, -0.2) is 10.4 Å². The van der Waals surface area contributed by atoms with E-state index in [2.05, 4.69) is 17.6 Å². The van der Waals surface area contributed by atoms with E-state index in [0.717, 1.165) is 5.75 Å². The molecule has 3 heteroatoms. The van der Waals surface area contributed by atoms with Gasteiger partial charge in [0, 0.05) is 12.4 Å². The minimum atomic E-state index is -0.0672. The molecule has 0 spiro atoms. The monoisotopic (exact) mass is 155 g/mol. The largest absolute Gasteiger partial charge is 0.480 e. The standard InChI is InChI=1S/C7H9NOS/c1-6(10)9-7-2-4-8-5-3-7/h2-6,10H,1H3/t6-/m1/s1. The molecule has 1 rings (SSSR count). The van der Waals surface area contributed by atoms with Crippen molar-refractivity contribution in [1.82, 2.24) is 4.98 Å². The topological polar surface area (TPSA) is 22.1 Å². The summed E-state index contributed by atoms with van der Waals surface area (Å²) in [6.07, 6.45) is 3.37. The van der Waals surface area contributed by atoms with E-state index >= 15 is 0 Å². The van der Waals surface area contributed by atoms with Crippen molar-refractivity contribution < 1.29 is 4.74 Å². The molecule has 1 atom stereocenters. The lowest BCUT2D eigenvalue weighted by atomic mass is 10.5. The summed E-state index contributed by atoms with van der Waals surface area (Å²) in [5, 5.41) is 0. The van der Waals surface area contributed by atoms with Crippen LogP contribution in [0.25, 0.3) is 0 Å². The maximum Gasteiger partial charge on any atom is 0.138 e. The van der Waals surface area contributed by atoms with Gasteiger partial charge in [0.1, 0.15) is 11.2 Å². The van der Waals surface area contributed by atoms with Gasteiger partial charge in [-0.2, -0.15) is 0 Å². The third-order valence-electron chi connectivity index (χ3n) is 0.956. The third-order valence-corrected chi connectivity index (χ3v) is 1.06. The SMILES string of the molecule is C[C@@H](S)Oc1ccncc1. The van der Waals surface area contributed by atoms with Crippen LogP contribution >= 0.6 is 12.6 Å². The molecule has 0 saturated heterocycles. The van der Waals surface area contributed by atoms with Crippen LogP contribution < -0.4 is 4.74 Å². The van der Waals surface area contributed by atoms with Crippen molar-refractivity contribution >= 4 is 12.6 Å². The fourth-order valence-corrected chi connectivity index (χ4v) is 0.735. The van der Waals surface area contributed by atoms with Crippen LogP contribution in [0.4, 0.5) is 0 Å². The van der Waals surface area contributed by atoms with E-state index < -0.39 is 0 Å². The van der Waals surface area contributed by atoms with Crippen LogP contribution in [0.5, 0.6) is 5.75 Å². The first kappa shape index (κ1) is 7.41. The molecule has 1 heterocycles. The van der Waals surface area contributed by atoms with Crippen molar-refractivity contribution in [2.24, 2.45) is 0 Å². The van der Waals surface area contributed by atoms with Gasteiger partial charge in [0.05, 0.1) is 0 Å². The van der Waals surface area contributed by atoms with Crippen molar-refractivity contribution in [1.29, 1.82) is 0 Å². The predicted octanol–water partition coefficient (Wildman–Crippen LogP) is 1.74. The highest BCUT2D eigenvalue weighted by Gasteiger charge is 1.94. The Morgan fingerprint density at radius 1 is 1.50 bits per heavy atom. The Morgan fingerprint density at radius 3 is 2.60 bits per heavy atom. The fourth-order valence-electron chi connectivity index (χ4n) is 0.614. The molecule has 0 amide bonds. The lowest BCUT2D eigenvalue weighted by Gasteiger charge is -2.06. The van der Waals surface area contributed by atoms with Gasteiger partial charge in [-0.25, -0.2) is 0 Å². The first-order valence-corrected chi connectivity index (χ1v) is 3.55. The minimum absolute atomic E-state index is 0.0672. The summed E-state index contributed by atoms with van der Waals surface area (Å²) in [6.45, 7) is 1.86. The molecule has 0 aliphatic rings. The summed E-state index contributed by atoms with van der Waals surface area (Å²) in [6, 6.07) is 3.60. The molecular weight excluding hydrogens is 146 g/mol. The second kappa shape index (κ2) is 3.46. The number of aromatic nitrogens is 1. The summed E-state index contributed by atoms with van der Waals surface area (Å²) < 4.78 is 5.24. The molecule has 2 nitrogen and oxygen atoms in total. The first-order chi connectivity index (χ1) is 4.79. The summed E-state index contributed by atoms with van der Waals surface area (Å²) >= 11 is 4.07. The zero-order valence-corrected chi connectivity index (χ0v) is 6.58. The molecule has 0 fully saturated rings. The highest BCUT2D eigenvalue weighted by Crippen LogP contribution is 2.10. The van der Waals surface area contributed by atoms with Crippen molar-refractivity contribution in [3.05, 3.63) is 24.5 Å². The summed E-state index contributed by atoms with van der Waals surface area (Å²) in [7, 11) is 0. The molecule has 0 unspecified atom stereocenters. The second-order valence-corrected chi connectivity index (χ2v) is 2.63. The number of thiol groups is 1. The number of nitrogens with zero attached hydrogens (tertiary/aromatic N) is 1. The average Bonchev–Trinajstić information content (AvgIpc) is 1.88. The van der Waals surface area contributed by atoms with E-state index in [1.165, 1.54) is 0 Å². The molecule has 0 aliphatic carbocycles. The lowest BCUT2D eigenvalue weighted by molar-refractivity contribution is 0.309. The van der Waals surface area contributed by atoms with Crippen LogP contribution in [-0.2, 0) is 0 Å². The Hall–Kier alpha value is -0.700. The first-order valence-electron chi connectivity index (χ1n) is 3.04. The zero-order valence-electron chi connectivity index (χ0n) is 5.69. The normalized spacial score (nSPS) is 12.6. The minimum Gasteiger partial charge on any atom is -0.480 e. The molecule has 0 N–H and O–H groups in total. The van der Waals surface area contributed by atoms with E-state index in [1.807, 2.05) is 6.92 Å². The number of hydrogen-bond acceptors (Lipinski definition) is 3. The van der Waals surface area contributed by atoms with Crippen molar-refractivity contribution in [3.63, 3.8) is 0 Å². The smallest absolute Gasteiger partial charge is 0.138 e. The van der Waals surface area contributed by atoms with Gasteiger partial charge in [0.2, 0.25) is 0 Å². The van der Waals surface area contributed by atoms with Gasteiger partial charge in [0.25, 0.3) is 0 Å². The quantitative estimate of drug-likeness (QED) is 0.519. The molecule has 1 aromatic rings. The van der Waals surface area contributed by atoms with Gasteiger partial charge in [-0.05, 0) is 19.1 Å². The average molecular weight is 155 g/mol. The van der Waals surface area contributed by atoms with Crippen LogP contribution in [0.3, 0.4) is 0 Å². The van der Waals surface area contributed by atoms with Gasteiger partial charge in [-0.3, -0.25) is 4.98 Å². The van der Waals surface area contributed by atoms with Gasteiger partial charge in [-0.1, -0.05) is 0 Å². The number of rotatable bonds is 2. The maximum absolute atomic E-state index is 5.24. The predicted molar refractivity (Wildman–Crippen MR) is 43.3 cm³/mol. The van der Waals surface area contributed by atoms with Crippen LogP contribution in [0.1, 0.15) is 6.92 Å². The van der Waals surface area contributed by atoms with E-state index in [-0.39, 0.29) is 5.44 Å². The number of ether oxygens (including phenoxy) is 1. The zero-order chi connectivity index (χ0) is 7.40. The number of hydrogen-bond donors (Lipinski definition) is 1. The Labute approximate surface area is 65.6 Å². The van der Waals surface area contributed by atoms with Crippen molar-refractivity contribution in [2.45, 2.75) is 12.4 Å². The Balaban J connectivity index is 2.59. The van der Waals surface area contributed by atoms with E-state index in [4.69, 9.17) is 4.74 Å². The second-order valence-electron chi connectivity index (χ2n) is 1.90. The van der Waals surface area contributed by atoms with Crippen LogP contribution in [0, 0.1) is 0 Å². The molecule has 54 valence electrons. The molecule has 10 heavy (non-hydrogen) atoms. The molecule has 1 aromatic heterocycles. The lowest BCUT2D eigenvalue weighted by Crippen LogP contribution is -2.01. The summed E-state index contributed by atoms with van der Waals surface area (Å²) in [4.78, 5) is 3.85. The van der Waals surface area contributed by atoms with E-state index in [1.54, 1.807) is 24.5 Å². The molecule has 0 radical (unpaired) electrons. The fraction of sp³-hybridized carbons (Fsp3) is 0.286. The molecule has 0 aliphatic heterocycles. The number of pyridine rings is 1. The van der Waals surface area contributed by atoms with Gasteiger partial charge < -0.3 is 4.74 Å². The summed E-state index contributed by atoms with van der Waals surface area (Å²) in [5.74, 6) is 0.803.